The molecule has 17 heavy (non-hydrogen) atoms. The molecule has 2 atom stereocenters. The highest BCUT2D eigenvalue weighted by Gasteiger charge is 2.32. The maximum Gasteiger partial charge on any atom is 0.174 e. The Bertz CT molecular complexity index is 496. The van der Waals surface area contributed by atoms with Gasteiger partial charge in [0.15, 0.2) is 4.34 Å². The van der Waals surface area contributed by atoms with Gasteiger partial charge in [-0.2, -0.15) is 0 Å². The summed E-state index contributed by atoms with van der Waals surface area (Å²) in [6, 6.07) is 9.09. The topological polar surface area (TPSA) is 37.8 Å². The molecule has 0 fully saturated rings. The Morgan fingerprint density at radius 1 is 1.41 bits per heavy atom. The van der Waals surface area contributed by atoms with E-state index in [0.29, 0.717) is 11.3 Å². The van der Waals surface area contributed by atoms with Crippen molar-refractivity contribution in [2.75, 3.05) is 7.05 Å². The smallest absolute Gasteiger partial charge is 0.174 e. The van der Waals surface area contributed by atoms with E-state index in [1.165, 1.54) is 11.1 Å². The summed E-state index contributed by atoms with van der Waals surface area (Å²) in [4.78, 5) is 0. The number of benzene rings is 1. The molecule has 3 nitrogen and oxygen atoms in total. The van der Waals surface area contributed by atoms with Crippen LogP contribution in [0.4, 0.5) is 0 Å². The summed E-state index contributed by atoms with van der Waals surface area (Å²) in [6.45, 7) is 0. The molecular weight excluding hydrogens is 250 g/mol. The lowest BCUT2D eigenvalue weighted by atomic mass is 10.1. The molecule has 2 aromatic rings. The van der Waals surface area contributed by atoms with E-state index >= 15 is 0 Å². The molecule has 0 spiro atoms. The van der Waals surface area contributed by atoms with E-state index in [9.17, 15) is 0 Å². The van der Waals surface area contributed by atoms with Gasteiger partial charge in [-0.1, -0.05) is 47.4 Å². The van der Waals surface area contributed by atoms with Crippen molar-refractivity contribution in [3.8, 4) is 0 Å². The van der Waals surface area contributed by atoms with E-state index in [4.69, 9.17) is 0 Å². The second kappa shape index (κ2) is 4.76. The average Bonchev–Trinajstić information content (AvgIpc) is 2.96. The highest BCUT2D eigenvalue weighted by atomic mass is 32.2. The van der Waals surface area contributed by atoms with Gasteiger partial charge in [0.25, 0.3) is 0 Å². The molecule has 0 aliphatic heterocycles. The number of fused-ring (bicyclic) bond motifs is 1. The summed E-state index contributed by atoms with van der Waals surface area (Å²) in [6.07, 6.45) is 1.10. The molecule has 0 bridgehead atoms. The Kier molecular flexibility index (Phi) is 3.13. The molecule has 1 aliphatic carbocycles. The van der Waals surface area contributed by atoms with Crippen LogP contribution in [-0.4, -0.2) is 22.5 Å². The number of hydrogen-bond acceptors (Lipinski definition) is 5. The SMILES string of the molecule is CNC1c2ccccc2CC1Sc1nncs1. The number of nitrogens with zero attached hydrogens (tertiary/aromatic N) is 2. The van der Waals surface area contributed by atoms with Crippen LogP contribution < -0.4 is 5.32 Å². The highest BCUT2D eigenvalue weighted by molar-refractivity contribution is 8.01. The van der Waals surface area contributed by atoms with E-state index < -0.39 is 0 Å². The lowest BCUT2D eigenvalue weighted by Gasteiger charge is -2.17. The van der Waals surface area contributed by atoms with Crippen molar-refractivity contribution in [1.29, 1.82) is 0 Å². The van der Waals surface area contributed by atoms with Crippen LogP contribution in [0.1, 0.15) is 17.2 Å². The zero-order valence-corrected chi connectivity index (χ0v) is 11.1. The molecule has 1 aromatic carbocycles. The van der Waals surface area contributed by atoms with Crippen LogP contribution in [0.3, 0.4) is 0 Å². The van der Waals surface area contributed by atoms with Gasteiger partial charge in [-0.05, 0) is 24.6 Å². The molecule has 0 radical (unpaired) electrons. The van der Waals surface area contributed by atoms with E-state index in [-0.39, 0.29) is 0 Å². The minimum Gasteiger partial charge on any atom is -0.312 e. The predicted molar refractivity (Wildman–Crippen MR) is 71.5 cm³/mol. The maximum atomic E-state index is 4.11. The van der Waals surface area contributed by atoms with Crippen molar-refractivity contribution in [2.45, 2.75) is 22.1 Å². The van der Waals surface area contributed by atoms with Gasteiger partial charge in [0.1, 0.15) is 5.51 Å². The second-order valence-electron chi connectivity index (χ2n) is 4.03. The number of aromatic nitrogens is 2. The van der Waals surface area contributed by atoms with Gasteiger partial charge in [-0.3, -0.25) is 0 Å². The van der Waals surface area contributed by atoms with Gasteiger partial charge in [0.05, 0.1) is 0 Å². The van der Waals surface area contributed by atoms with Crippen molar-refractivity contribution < 1.29 is 0 Å². The van der Waals surface area contributed by atoms with Crippen molar-refractivity contribution in [2.24, 2.45) is 0 Å². The third kappa shape index (κ3) is 2.10. The van der Waals surface area contributed by atoms with Crippen molar-refractivity contribution in [3.05, 3.63) is 40.9 Å². The molecule has 1 N–H and O–H groups in total. The minimum absolute atomic E-state index is 0.417. The highest BCUT2D eigenvalue weighted by Crippen LogP contribution is 2.41. The fourth-order valence-corrected chi connectivity index (χ4v) is 4.39. The van der Waals surface area contributed by atoms with Crippen LogP contribution in [-0.2, 0) is 6.42 Å². The van der Waals surface area contributed by atoms with Crippen LogP contribution in [0, 0.1) is 0 Å². The van der Waals surface area contributed by atoms with Crippen molar-refractivity contribution in [3.63, 3.8) is 0 Å². The number of nitrogens with one attached hydrogen (secondary N) is 1. The minimum atomic E-state index is 0.417. The molecule has 2 unspecified atom stereocenters. The summed E-state index contributed by atoms with van der Waals surface area (Å²) in [5, 5.41) is 11.9. The summed E-state index contributed by atoms with van der Waals surface area (Å²) < 4.78 is 1.06. The zero-order valence-electron chi connectivity index (χ0n) is 9.46. The molecular formula is C12H13N3S2. The van der Waals surface area contributed by atoms with Crippen molar-refractivity contribution >= 4 is 23.1 Å². The molecule has 1 aliphatic rings. The number of thioether (sulfide) groups is 1. The Balaban J connectivity index is 1.84. The molecule has 0 saturated heterocycles. The van der Waals surface area contributed by atoms with Crippen LogP contribution in [0.25, 0.3) is 0 Å². The van der Waals surface area contributed by atoms with E-state index in [0.717, 1.165) is 10.8 Å². The Hall–Kier alpha value is -0.910. The molecule has 0 amide bonds. The fraction of sp³-hybridized carbons (Fsp3) is 0.333. The van der Waals surface area contributed by atoms with E-state index in [1.54, 1.807) is 16.8 Å². The quantitative estimate of drug-likeness (QED) is 0.923. The van der Waals surface area contributed by atoms with Gasteiger partial charge in [-0.15, -0.1) is 10.2 Å². The molecule has 5 heteroatoms. The largest absolute Gasteiger partial charge is 0.312 e. The predicted octanol–water partition coefficient (Wildman–Crippen LogP) is 2.52. The first-order valence-electron chi connectivity index (χ1n) is 5.56. The number of hydrogen-bond donors (Lipinski definition) is 1. The first kappa shape index (κ1) is 11.2. The third-order valence-electron chi connectivity index (χ3n) is 3.09. The molecule has 88 valence electrons. The first-order chi connectivity index (χ1) is 8.38. The summed E-state index contributed by atoms with van der Waals surface area (Å²) >= 11 is 3.44. The van der Waals surface area contributed by atoms with Gasteiger partial charge >= 0.3 is 0 Å². The van der Waals surface area contributed by atoms with Gasteiger partial charge in [0.2, 0.25) is 0 Å². The standard InChI is InChI=1S/C12H13N3S2/c1-13-11-9-5-3-2-4-8(9)6-10(11)17-12-15-14-7-16-12/h2-5,7,10-11,13H,6H2,1H3. The second-order valence-corrected chi connectivity index (χ2v) is 6.35. The normalized spacial score (nSPS) is 22.6. The lowest BCUT2D eigenvalue weighted by Crippen LogP contribution is -2.23. The van der Waals surface area contributed by atoms with E-state index in [1.807, 2.05) is 18.8 Å². The maximum absolute atomic E-state index is 4.11. The van der Waals surface area contributed by atoms with Crippen LogP contribution in [0.15, 0.2) is 34.1 Å². The fourth-order valence-electron chi connectivity index (χ4n) is 2.35. The van der Waals surface area contributed by atoms with Crippen molar-refractivity contribution in [1.82, 2.24) is 15.5 Å². The molecule has 3 rings (SSSR count). The average molecular weight is 263 g/mol. The van der Waals surface area contributed by atoms with Crippen LogP contribution in [0.5, 0.6) is 0 Å². The zero-order chi connectivity index (χ0) is 11.7. The number of rotatable bonds is 3. The molecule has 1 aromatic heterocycles. The first-order valence-corrected chi connectivity index (χ1v) is 7.32. The summed E-state index contributed by atoms with van der Waals surface area (Å²) in [5.74, 6) is 0. The Morgan fingerprint density at radius 2 is 2.29 bits per heavy atom. The third-order valence-corrected chi connectivity index (χ3v) is 5.17. The molecule has 1 heterocycles. The Morgan fingerprint density at radius 3 is 3.06 bits per heavy atom. The monoisotopic (exact) mass is 263 g/mol. The van der Waals surface area contributed by atoms with E-state index in [2.05, 4.69) is 39.8 Å². The van der Waals surface area contributed by atoms with Crippen LogP contribution in [0.2, 0.25) is 0 Å². The summed E-state index contributed by atoms with van der Waals surface area (Å²) in [5.41, 5.74) is 4.67. The summed E-state index contributed by atoms with van der Waals surface area (Å²) in [7, 11) is 2.03. The lowest BCUT2D eigenvalue weighted by molar-refractivity contribution is 0.603. The van der Waals surface area contributed by atoms with Gasteiger partial charge in [0, 0.05) is 11.3 Å². The van der Waals surface area contributed by atoms with Crippen LogP contribution >= 0.6 is 23.1 Å². The van der Waals surface area contributed by atoms with Gasteiger partial charge in [-0.25, -0.2) is 0 Å². The molecule has 0 saturated carbocycles. The van der Waals surface area contributed by atoms with Gasteiger partial charge < -0.3 is 5.32 Å². The Labute approximate surface area is 109 Å².